The van der Waals surface area contributed by atoms with Crippen LogP contribution in [0.3, 0.4) is 0 Å². The van der Waals surface area contributed by atoms with Crippen LogP contribution in [0.15, 0.2) is 72.8 Å². The second kappa shape index (κ2) is 10.9. The number of para-hydroxylation sites is 2. The van der Waals surface area contributed by atoms with Crippen LogP contribution in [0.4, 0.5) is 11.4 Å². The van der Waals surface area contributed by atoms with Crippen LogP contribution in [-0.2, 0) is 0 Å². The molecule has 0 radical (unpaired) electrons. The van der Waals surface area contributed by atoms with Crippen molar-refractivity contribution in [1.82, 2.24) is 9.80 Å². The smallest absolute Gasteiger partial charge is 0.256 e. The lowest BCUT2D eigenvalue weighted by Gasteiger charge is -2.36. The molecule has 7 nitrogen and oxygen atoms in total. The SMILES string of the molecule is CCCN1C(=O)c2ccccc2C1Nc1cccc(C(=O)N2CCN(c3ccccc3OCC)CC2)c1. The van der Waals surface area contributed by atoms with Crippen molar-refractivity contribution in [3.05, 3.63) is 89.5 Å². The normalized spacial score (nSPS) is 17.1. The standard InChI is InChI=1S/C30H34N4O3/c1-3-16-34-28(24-12-5-6-13-25(24)30(34)36)31-23-11-9-10-22(21-23)29(35)33-19-17-32(18-20-33)26-14-7-8-15-27(26)37-4-2/h5-15,21,28,31H,3-4,16-20H2,1-2H3. The Hall–Kier alpha value is -4.00. The topological polar surface area (TPSA) is 65.1 Å². The molecule has 1 saturated heterocycles. The van der Waals surface area contributed by atoms with Gasteiger partial charge in [0, 0.05) is 55.1 Å². The minimum Gasteiger partial charge on any atom is -0.492 e. The van der Waals surface area contributed by atoms with Gasteiger partial charge in [-0.05, 0) is 49.7 Å². The van der Waals surface area contributed by atoms with E-state index >= 15 is 0 Å². The second-order valence-corrected chi connectivity index (χ2v) is 9.39. The average Bonchev–Trinajstić information content (AvgIpc) is 3.20. The van der Waals surface area contributed by atoms with Crippen molar-refractivity contribution in [3.8, 4) is 5.75 Å². The molecule has 2 aliphatic rings. The number of benzene rings is 3. The number of nitrogens with zero attached hydrogens (tertiary/aromatic N) is 3. The molecule has 37 heavy (non-hydrogen) atoms. The zero-order valence-corrected chi connectivity index (χ0v) is 21.5. The first-order chi connectivity index (χ1) is 18.1. The van der Waals surface area contributed by atoms with Crippen LogP contribution < -0.4 is 15.0 Å². The van der Waals surface area contributed by atoms with E-state index in [0.717, 1.165) is 47.8 Å². The average molecular weight is 499 g/mol. The minimum absolute atomic E-state index is 0.0229. The summed E-state index contributed by atoms with van der Waals surface area (Å²) in [6, 6.07) is 23.4. The van der Waals surface area contributed by atoms with Crippen molar-refractivity contribution >= 4 is 23.2 Å². The van der Waals surface area contributed by atoms with E-state index in [1.807, 2.05) is 83.5 Å². The van der Waals surface area contributed by atoms with Gasteiger partial charge in [-0.15, -0.1) is 0 Å². The molecule has 192 valence electrons. The number of carbonyl (C=O) groups excluding carboxylic acids is 2. The van der Waals surface area contributed by atoms with E-state index in [4.69, 9.17) is 4.74 Å². The third-order valence-corrected chi connectivity index (χ3v) is 7.01. The van der Waals surface area contributed by atoms with Gasteiger partial charge in [0.05, 0.1) is 12.3 Å². The lowest BCUT2D eigenvalue weighted by molar-refractivity contribution is 0.0735. The Kier molecular flexibility index (Phi) is 7.30. The van der Waals surface area contributed by atoms with E-state index in [-0.39, 0.29) is 18.0 Å². The van der Waals surface area contributed by atoms with Gasteiger partial charge >= 0.3 is 0 Å². The Morgan fingerprint density at radius 1 is 0.946 bits per heavy atom. The van der Waals surface area contributed by atoms with Crippen LogP contribution in [0.5, 0.6) is 5.75 Å². The predicted octanol–water partition coefficient (Wildman–Crippen LogP) is 5.02. The molecule has 1 unspecified atom stereocenters. The highest BCUT2D eigenvalue weighted by atomic mass is 16.5. The number of hydrogen-bond acceptors (Lipinski definition) is 5. The molecule has 1 atom stereocenters. The highest BCUT2D eigenvalue weighted by Gasteiger charge is 2.36. The Bertz CT molecular complexity index is 1270. The van der Waals surface area contributed by atoms with E-state index in [0.29, 0.717) is 31.8 Å². The summed E-state index contributed by atoms with van der Waals surface area (Å²) < 4.78 is 5.80. The first-order valence-electron chi connectivity index (χ1n) is 13.1. The number of hydrogen-bond donors (Lipinski definition) is 1. The molecule has 7 heteroatoms. The first kappa shape index (κ1) is 24.7. The third-order valence-electron chi connectivity index (χ3n) is 7.01. The zero-order valence-electron chi connectivity index (χ0n) is 21.5. The van der Waals surface area contributed by atoms with Gasteiger partial charge in [-0.1, -0.05) is 43.3 Å². The number of ether oxygens (including phenoxy) is 1. The molecule has 1 N–H and O–H groups in total. The largest absolute Gasteiger partial charge is 0.492 e. The molecular formula is C30H34N4O3. The molecule has 2 aliphatic heterocycles. The van der Waals surface area contributed by atoms with Crippen LogP contribution >= 0.6 is 0 Å². The van der Waals surface area contributed by atoms with E-state index < -0.39 is 0 Å². The molecule has 3 aromatic carbocycles. The van der Waals surface area contributed by atoms with E-state index in [9.17, 15) is 9.59 Å². The third kappa shape index (κ3) is 4.99. The Labute approximate surface area is 218 Å². The van der Waals surface area contributed by atoms with E-state index in [1.54, 1.807) is 0 Å². The predicted molar refractivity (Wildman–Crippen MR) is 146 cm³/mol. The summed E-state index contributed by atoms with van der Waals surface area (Å²) in [6.07, 6.45) is 0.625. The molecule has 1 fully saturated rings. The Morgan fingerprint density at radius 3 is 2.49 bits per heavy atom. The Morgan fingerprint density at radius 2 is 1.70 bits per heavy atom. The molecule has 5 rings (SSSR count). The molecule has 2 heterocycles. The van der Waals surface area contributed by atoms with Crippen LogP contribution in [0.2, 0.25) is 0 Å². The van der Waals surface area contributed by atoms with Crippen molar-refractivity contribution in [2.45, 2.75) is 26.4 Å². The lowest BCUT2D eigenvalue weighted by Crippen LogP contribution is -2.48. The van der Waals surface area contributed by atoms with Crippen LogP contribution in [0, 0.1) is 0 Å². The van der Waals surface area contributed by atoms with Gasteiger partial charge in [0.2, 0.25) is 0 Å². The lowest BCUT2D eigenvalue weighted by atomic mass is 10.1. The van der Waals surface area contributed by atoms with Gasteiger partial charge in [0.15, 0.2) is 0 Å². The van der Waals surface area contributed by atoms with Gasteiger partial charge in [-0.25, -0.2) is 0 Å². The maximum Gasteiger partial charge on any atom is 0.256 e. The fourth-order valence-corrected chi connectivity index (χ4v) is 5.23. The number of rotatable bonds is 8. The van der Waals surface area contributed by atoms with Crippen molar-refractivity contribution in [1.29, 1.82) is 0 Å². The first-order valence-corrected chi connectivity index (χ1v) is 13.1. The molecule has 0 aliphatic carbocycles. The highest BCUT2D eigenvalue weighted by Crippen LogP contribution is 2.35. The summed E-state index contributed by atoms with van der Waals surface area (Å²) in [4.78, 5) is 32.4. The number of amides is 2. The summed E-state index contributed by atoms with van der Waals surface area (Å²) in [5, 5.41) is 3.52. The van der Waals surface area contributed by atoms with Gasteiger partial charge in [0.25, 0.3) is 11.8 Å². The van der Waals surface area contributed by atoms with Crippen LogP contribution in [0.1, 0.15) is 52.7 Å². The molecule has 0 bridgehead atoms. The maximum absolute atomic E-state index is 13.4. The van der Waals surface area contributed by atoms with E-state index in [1.165, 1.54) is 0 Å². The number of nitrogens with one attached hydrogen (secondary N) is 1. The Balaban J connectivity index is 1.28. The molecule has 0 aromatic heterocycles. The number of piperazine rings is 1. The molecule has 3 aromatic rings. The van der Waals surface area contributed by atoms with Gasteiger partial charge in [-0.2, -0.15) is 0 Å². The van der Waals surface area contributed by atoms with Crippen LogP contribution in [-0.4, -0.2) is 60.9 Å². The van der Waals surface area contributed by atoms with Gasteiger partial charge in [0.1, 0.15) is 11.9 Å². The number of fused-ring (bicyclic) bond motifs is 1. The van der Waals surface area contributed by atoms with E-state index in [2.05, 4.69) is 23.2 Å². The molecule has 0 spiro atoms. The number of carbonyl (C=O) groups is 2. The molecule has 2 amide bonds. The fourth-order valence-electron chi connectivity index (χ4n) is 5.23. The quantitative estimate of drug-likeness (QED) is 0.472. The van der Waals surface area contributed by atoms with Gasteiger partial charge in [-0.3, -0.25) is 9.59 Å². The summed E-state index contributed by atoms with van der Waals surface area (Å²) in [5.41, 5.74) is 4.26. The zero-order chi connectivity index (χ0) is 25.8. The number of anilines is 2. The van der Waals surface area contributed by atoms with Gasteiger partial charge < -0.3 is 24.8 Å². The summed E-state index contributed by atoms with van der Waals surface area (Å²) >= 11 is 0. The maximum atomic E-state index is 13.4. The van der Waals surface area contributed by atoms with Crippen molar-refractivity contribution in [3.63, 3.8) is 0 Å². The molecule has 0 saturated carbocycles. The van der Waals surface area contributed by atoms with Crippen molar-refractivity contribution < 1.29 is 14.3 Å². The van der Waals surface area contributed by atoms with Crippen LogP contribution in [0.25, 0.3) is 0 Å². The minimum atomic E-state index is -0.247. The van der Waals surface area contributed by atoms with Crippen molar-refractivity contribution in [2.24, 2.45) is 0 Å². The fraction of sp³-hybridized carbons (Fsp3) is 0.333. The summed E-state index contributed by atoms with van der Waals surface area (Å²) in [7, 11) is 0. The summed E-state index contributed by atoms with van der Waals surface area (Å²) in [5.74, 6) is 0.952. The monoisotopic (exact) mass is 498 g/mol. The molecular weight excluding hydrogens is 464 g/mol. The second-order valence-electron chi connectivity index (χ2n) is 9.39. The summed E-state index contributed by atoms with van der Waals surface area (Å²) in [6.45, 7) is 8.14. The highest BCUT2D eigenvalue weighted by molar-refractivity contribution is 5.99. The van der Waals surface area contributed by atoms with Crippen molar-refractivity contribution in [2.75, 3.05) is 49.5 Å².